The summed E-state index contributed by atoms with van der Waals surface area (Å²) in [7, 11) is 1.47. The molecule has 2 aromatic rings. The van der Waals surface area contributed by atoms with Gasteiger partial charge in [0.1, 0.15) is 24.6 Å². The van der Waals surface area contributed by atoms with Gasteiger partial charge in [0.25, 0.3) is 0 Å². The third-order valence-electron chi connectivity index (χ3n) is 6.15. The van der Waals surface area contributed by atoms with E-state index in [2.05, 4.69) is 10.6 Å². The Kier molecular flexibility index (Phi) is 7.27. The van der Waals surface area contributed by atoms with Crippen molar-refractivity contribution in [1.82, 2.24) is 5.32 Å². The highest BCUT2D eigenvalue weighted by atomic mass is 16.6. The van der Waals surface area contributed by atoms with E-state index in [1.165, 1.54) is 7.11 Å². The van der Waals surface area contributed by atoms with Gasteiger partial charge in [-0.05, 0) is 37.1 Å². The molecule has 0 unspecified atom stereocenters. The van der Waals surface area contributed by atoms with Crippen LogP contribution in [0.25, 0.3) is 0 Å². The van der Waals surface area contributed by atoms with Crippen molar-refractivity contribution in [3.05, 3.63) is 59.7 Å². The van der Waals surface area contributed by atoms with Crippen molar-refractivity contribution in [1.29, 1.82) is 0 Å². The molecule has 176 valence electrons. The number of anilines is 1. The van der Waals surface area contributed by atoms with Gasteiger partial charge in [-0.3, -0.25) is 9.59 Å². The summed E-state index contributed by atoms with van der Waals surface area (Å²) in [4.78, 5) is 24.6. The molecule has 33 heavy (non-hydrogen) atoms. The molecule has 2 amide bonds. The number of carbonyl (C=O) groups excluding carboxylic acids is 2. The van der Waals surface area contributed by atoms with Crippen LogP contribution in [0.5, 0.6) is 5.75 Å². The molecule has 1 saturated heterocycles. The molecule has 2 aromatic carbocycles. The van der Waals surface area contributed by atoms with Crippen LogP contribution in [0.2, 0.25) is 0 Å². The summed E-state index contributed by atoms with van der Waals surface area (Å²) >= 11 is 0. The smallest absolute Gasteiger partial charge is 0.250 e. The Morgan fingerprint density at radius 1 is 1.18 bits per heavy atom. The number of aliphatic hydroxyl groups is 1. The van der Waals surface area contributed by atoms with Crippen LogP contribution >= 0.6 is 0 Å². The van der Waals surface area contributed by atoms with Crippen LogP contribution < -0.4 is 15.4 Å². The molecule has 8 heteroatoms. The second kappa shape index (κ2) is 10.3. The van der Waals surface area contributed by atoms with Gasteiger partial charge in [-0.25, -0.2) is 0 Å². The first kappa shape index (κ1) is 23.2. The summed E-state index contributed by atoms with van der Waals surface area (Å²) in [5.41, 5.74) is 2.63. The number of rotatable bonds is 8. The Balaban J connectivity index is 1.44. The lowest BCUT2D eigenvalue weighted by Gasteiger charge is -2.37. The van der Waals surface area contributed by atoms with Crippen LogP contribution in [-0.2, 0) is 19.1 Å². The second-order valence-corrected chi connectivity index (χ2v) is 8.54. The number of benzene rings is 2. The van der Waals surface area contributed by atoms with E-state index in [0.29, 0.717) is 17.9 Å². The lowest BCUT2D eigenvalue weighted by atomic mass is 9.84. The molecule has 2 aliphatic heterocycles. The summed E-state index contributed by atoms with van der Waals surface area (Å²) in [6.07, 6.45) is -0.454. The topological polar surface area (TPSA) is 106 Å². The van der Waals surface area contributed by atoms with Crippen LogP contribution in [0.1, 0.15) is 42.9 Å². The van der Waals surface area contributed by atoms with Gasteiger partial charge in [0, 0.05) is 24.3 Å². The molecule has 0 spiro atoms. The molecule has 2 aliphatic rings. The minimum Gasteiger partial charge on any atom is -0.487 e. The quantitative estimate of drug-likeness (QED) is 0.566. The van der Waals surface area contributed by atoms with E-state index in [0.717, 1.165) is 11.1 Å². The Bertz CT molecular complexity index is 982. The molecule has 5 atom stereocenters. The number of nitrogens with one attached hydrogen (secondary N) is 2. The van der Waals surface area contributed by atoms with E-state index < -0.39 is 6.10 Å². The summed E-state index contributed by atoms with van der Waals surface area (Å²) in [5, 5.41) is 15.8. The fourth-order valence-corrected chi connectivity index (χ4v) is 4.63. The maximum absolute atomic E-state index is 12.7. The Morgan fingerprint density at radius 3 is 2.70 bits per heavy atom. The SMILES string of the molecule is COCC(=O)Nc1ccc2c(c1)[C@H]1C[C@H](CC(=O)N[C@H](C)c3ccccc3)O[C@@H](CO)[C@H]1O2. The van der Waals surface area contributed by atoms with Gasteiger partial charge in [0.15, 0.2) is 0 Å². The third-order valence-corrected chi connectivity index (χ3v) is 6.15. The number of hydrogen-bond donors (Lipinski definition) is 3. The first-order valence-corrected chi connectivity index (χ1v) is 11.2. The largest absolute Gasteiger partial charge is 0.487 e. The van der Waals surface area contributed by atoms with Crippen molar-refractivity contribution in [2.75, 3.05) is 25.6 Å². The second-order valence-electron chi connectivity index (χ2n) is 8.54. The van der Waals surface area contributed by atoms with Gasteiger partial charge in [-0.1, -0.05) is 30.3 Å². The molecule has 0 aliphatic carbocycles. The van der Waals surface area contributed by atoms with E-state index >= 15 is 0 Å². The van der Waals surface area contributed by atoms with Gasteiger partial charge in [0.2, 0.25) is 11.8 Å². The molecule has 8 nitrogen and oxygen atoms in total. The van der Waals surface area contributed by atoms with Crippen molar-refractivity contribution in [3.8, 4) is 5.75 Å². The first-order chi connectivity index (χ1) is 16.0. The normalized spacial score (nSPS) is 24.2. The lowest BCUT2D eigenvalue weighted by molar-refractivity contribution is -0.142. The average Bonchev–Trinajstić information content (AvgIpc) is 3.17. The molecule has 0 saturated carbocycles. The van der Waals surface area contributed by atoms with Crippen LogP contribution in [-0.4, -0.2) is 55.6 Å². The monoisotopic (exact) mass is 454 g/mol. The molecule has 2 heterocycles. The van der Waals surface area contributed by atoms with Crippen molar-refractivity contribution < 1.29 is 28.9 Å². The maximum Gasteiger partial charge on any atom is 0.250 e. The first-order valence-electron chi connectivity index (χ1n) is 11.2. The highest BCUT2D eigenvalue weighted by Crippen LogP contribution is 2.47. The zero-order chi connectivity index (χ0) is 23.4. The minimum atomic E-state index is -0.535. The van der Waals surface area contributed by atoms with Gasteiger partial charge < -0.3 is 30.0 Å². The number of fused-ring (bicyclic) bond motifs is 3. The van der Waals surface area contributed by atoms with Crippen molar-refractivity contribution in [2.24, 2.45) is 0 Å². The Hall–Kier alpha value is -2.94. The van der Waals surface area contributed by atoms with Gasteiger partial charge in [-0.15, -0.1) is 0 Å². The summed E-state index contributed by atoms with van der Waals surface area (Å²) in [6.45, 7) is 1.71. The van der Waals surface area contributed by atoms with Crippen molar-refractivity contribution in [2.45, 2.75) is 50.0 Å². The Morgan fingerprint density at radius 2 is 1.97 bits per heavy atom. The number of amides is 2. The van der Waals surface area contributed by atoms with E-state index in [1.807, 2.05) is 49.4 Å². The average molecular weight is 455 g/mol. The number of carbonyl (C=O) groups is 2. The van der Waals surface area contributed by atoms with Gasteiger partial charge >= 0.3 is 0 Å². The molecular formula is C25H30N2O6. The van der Waals surface area contributed by atoms with Crippen LogP contribution in [0, 0.1) is 0 Å². The zero-order valence-corrected chi connectivity index (χ0v) is 18.8. The zero-order valence-electron chi connectivity index (χ0n) is 18.8. The van der Waals surface area contributed by atoms with Crippen LogP contribution in [0.4, 0.5) is 5.69 Å². The highest BCUT2D eigenvalue weighted by Gasteiger charge is 2.46. The van der Waals surface area contributed by atoms with E-state index in [-0.39, 0.29) is 55.6 Å². The number of hydrogen-bond acceptors (Lipinski definition) is 6. The summed E-state index contributed by atoms with van der Waals surface area (Å²) in [5.74, 6) is 0.315. The maximum atomic E-state index is 12.7. The fourth-order valence-electron chi connectivity index (χ4n) is 4.63. The summed E-state index contributed by atoms with van der Waals surface area (Å²) < 4.78 is 17.0. The lowest BCUT2D eigenvalue weighted by Crippen LogP contribution is -2.47. The molecule has 3 N–H and O–H groups in total. The predicted molar refractivity (Wildman–Crippen MR) is 122 cm³/mol. The molecule has 0 radical (unpaired) electrons. The third kappa shape index (κ3) is 5.35. The highest BCUT2D eigenvalue weighted by molar-refractivity contribution is 5.92. The van der Waals surface area contributed by atoms with E-state index in [9.17, 15) is 14.7 Å². The molecule has 1 fully saturated rings. The van der Waals surface area contributed by atoms with Gasteiger partial charge in [-0.2, -0.15) is 0 Å². The fraction of sp³-hybridized carbons (Fsp3) is 0.440. The number of ether oxygens (including phenoxy) is 3. The summed E-state index contributed by atoms with van der Waals surface area (Å²) in [6, 6.07) is 15.1. The van der Waals surface area contributed by atoms with Crippen LogP contribution in [0.3, 0.4) is 0 Å². The molecule has 0 bridgehead atoms. The molecule has 4 rings (SSSR count). The molecular weight excluding hydrogens is 424 g/mol. The minimum absolute atomic E-state index is 0.0291. The van der Waals surface area contributed by atoms with Crippen LogP contribution in [0.15, 0.2) is 48.5 Å². The van der Waals surface area contributed by atoms with Gasteiger partial charge in [0.05, 0.1) is 25.2 Å². The van der Waals surface area contributed by atoms with E-state index in [4.69, 9.17) is 14.2 Å². The van der Waals surface area contributed by atoms with Crippen molar-refractivity contribution in [3.63, 3.8) is 0 Å². The molecule has 0 aromatic heterocycles. The standard InChI is InChI=1S/C25H30N2O6/c1-15(16-6-4-3-5-7-16)26-23(29)12-18-11-20-19-10-17(27-24(30)14-31-2)8-9-21(19)33-25(20)22(13-28)32-18/h3-10,15,18,20,22,25,28H,11-14H2,1-2H3,(H,26,29)(H,27,30)/t15-,18-,20-,22+,25+/m1/s1. The number of methoxy groups -OCH3 is 1. The Labute approximate surface area is 193 Å². The van der Waals surface area contributed by atoms with E-state index in [1.54, 1.807) is 6.07 Å². The van der Waals surface area contributed by atoms with Crippen molar-refractivity contribution >= 4 is 17.5 Å². The predicted octanol–water partition coefficient (Wildman–Crippen LogP) is 2.53. The number of aliphatic hydroxyl groups excluding tert-OH is 1.